The summed E-state index contributed by atoms with van der Waals surface area (Å²) >= 11 is 6.10. The van der Waals surface area contributed by atoms with E-state index in [9.17, 15) is 4.79 Å². The first-order chi connectivity index (χ1) is 14.6. The van der Waals surface area contributed by atoms with E-state index in [4.69, 9.17) is 21.6 Å². The van der Waals surface area contributed by atoms with Crippen LogP contribution in [0.2, 0.25) is 5.02 Å². The number of hydrogen-bond donors (Lipinski definition) is 1. The number of nitriles is 1. The molecule has 0 radical (unpaired) electrons. The number of rotatable bonds is 3. The Morgan fingerprint density at radius 3 is 2.33 bits per heavy atom. The van der Waals surface area contributed by atoms with Crippen molar-refractivity contribution in [1.82, 2.24) is 9.78 Å². The van der Waals surface area contributed by atoms with Crippen LogP contribution in [0.4, 0.5) is 11.4 Å². The fourth-order valence-electron chi connectivity index (χ4n) is 3.68. The zero-order chi connectivity index (χ0) is 21.3. The minimum absolute atomic E-state index is 0.0514. The molecule has 1 aromatic heterocycles. The maximum Gasteiger partial charge on any atom is 0.287 e. The van der Waals surface area contributed by atoms with Crippen molar-refractivity contribution >= 4 is 23.0 Å². The van der Waals surface area contributed by atoms with Crippen LogP contribution in [0.25, 0.3) is 0 Å². The van der Waals surface area contributed by atoms with E-state index in [1.54, 1.807) is 13.2 Å². The van der Waals surface area contributed by atoms with Gasteiger partial charge in [0.15, 0.2) is 0 Å². The Morgan fingerprint density at radius 1 is 1.17 bits per heavy atom. The summed E-state index contributed by atoms with van der Waals surface area (Å²) in [6.45, 7) is 3.66. The summed E-state index contributed by atoms with van der Waals surface area (Å²) in [5, 5.41) is 16.2. The van der Waals surface area contributed by atoms with E-state index in [-0.39, 0.29) is 16.6 Å². The number of halogens is 1. The molecular formula is C22H28ClN5O2. The first-order valence-corrected chi connectivity index (χ1v) is 10.8. The van der Waals surface area contributed by atoms with E-state index in [0.29, 0.717) is 11.3 Å². The molecule has 2 aliphatic heterocycles. The van der Waals surface area contributed by atoms with Crippen molar-refractivity contribution in [2.45, 2.75) is 38.1 Å². The number of benzene rings is 1. The second-order valence-corrected chi connectivity index (χ2v) is 7.80. The van der Waals surface area contributed by atoms with Crippen LogP contribution in [0.3, 0.4) is 0 Å². The van der Waals surface area contributed by atoms with Gasteiger partial charge in [-0.1, -0.05) is 11.6 Å². The molecule has 7 nitrogen and oxygen atoms in total. The second-order valence-electron chi connectivity index (χ2n) is 7.42. The highest BCUT2D eigenvalue weighted by atomic mass is 35.5. The summed E-state index contributed by atoms with van der Waals surface area (Å²) in [5.74, 6) is 0. The summed E-state index contributed by atoms with van der Waals surface area (Å²) in [5.41, 5.74) is 2.05. The minimum Gasteiger partial charge on any atom is -0.385 e. The molecule has 0 amide bonds. The van der Waals surface area contributed by atoms with Gasteiger partial charge in [-0.2, -0.15) is 10.4 Å². The van der Waals surface area contributed by atoms with Crippen molar-refractivity contribution in [3.8, 4) is 6.07 Å². The SMILES string of the molecule is C1CCOCC1.CNc1cnn(C2CCN(c3ccc(C#N)cc3)CC2)c(=O)c1Cl. The monoisotopic (exact) mass is 429 g/mol. The van der Waals surface area contributed by atoms with Gasteiger partial charge in [-0.05, 0) is 56.4 Å². The Balaban J connectivity index is 0.000000367. The van der Waals surface area contributed by atoms with Gasteiger partial charge in [0.25, 0.3) is 5.56 Å². The maximum absolute atomic E-state index is 12.4. The van der Waals surface area contributed by atoms with Crippen LogP contribution >= 0.6 is 11.6 Å². The molecule has 2 saturated heterocycles. The average molecular weight is 430 g/mol. The van der Waals surface area contributed by atoms with E-state index >= 15 is 0 Å². The molecule has 1 aromatic carbocycles. The van der Waals surface area contributed by atoms with Crippen LogP contribution in [-0.2, 0) is 4.74 Å². The third-order valence-electron chi connectivity index (χ3n) is 5.46. The molecule has 2 aromatic rings. The molecule has 160 valence electrons. The van der Waals surface area contributed by atoms with E-state index in [0.717, 1.165) is 44.8 Å². The molecule has 8 heteroatoms. The summed E-state index contributed by atoms with van der Waals surface area (Å²) < 4.78 is 6.57. The van der Waals surface area contributed by atoms with E-state index in [1.807, 2.05) is 24.3 Å². The van der Waals surface area contributed by atoms with Gasteiger partial charge in [0.1, 0.15) is 5.02 Å². The molecule has 4 rings (SSSR count). The quantitative estimate of drug-likeness (QED) is 0.798. The van der Waals surface area contributed by atoms with Crippen molar-refractivity contribution in [1.29, 1.82) is 5.26 Å². The smallest absolute Gasteiger partial charge is 0.287 e. The fraction of sp³-hybridized carbons (Fsp3) is 0.500. The highest BCUT2D eigenvalue weighted by molar-refractivity contribution is 6.32. The highest BCUT2D eigenvalue weighted by Gasteiger charge is 2.23. The van der Waals surface area contributed by atoms with Crippen LogP contribution in [0, 0.1) is 11.3 Å². The lowest BCUT2D eigenvalue weighted by molar-refractivity contribution is 0.0968. The van der Waals surface area contributed by atoms with Crippen LogP contribution in [-0.4, -0.2) is 43.1 Å². The van der Waals surface area contributed by atoms with Crippen LogP contribution in [0.1, 0.15) is 43.7 Å². The third kappa shape index (κ3) is 5.53. The number of anilines is 2. The zero-order valence-electron chi connectivity index (χ0n) is 17.3. The van der Waals surface area contributed by atoms with Crippen molar-refractivity contribution in [3.05, 3.63) is 51.4 Å². The van der Waals surface area contributed by atoms with Gasteiger partial charge in [0.05, 0.1) is 29.6 Å². The fourth-order valence-corrected chi connectivity index (χ4v) is 3.91. The van der Waals surface area contributed by atoms with Gasteiger partial charge in [-0.15, -0.1) is 0 Å². The minimum atomic E-state index is -0.250. The number of piperidine rings is 1. The standard InChI is InChI=1S/C17H18ClN5O.C5H10O/c1-20-15-11-21-23(17(24)16(15)18)14-6-8-22(9-7-14)13-4-2-12(10-19)3-5-13;1-2-4-6-5-3-1/h2-5,11,14,20H,6-9H2,1H3;1-5H2. The largest absolute Gasteiger partial charge is 0.385 e. The van der Waals surface area contributed by atoms with Gasteiger partial charge >= 0.3 is 0 Å². The molecular weight excluding hydrogens is 402 g/mol. The van der Waals surface area contributed by atoms with Gasteiger partial charge in [0, 0.05) is 39.0 Å². The maximum atomic E-state index is 12.4. The van der Waals surface area contributed by atoms with E-state index in [1.165, 1.54) is 23.9 Å². The predicted molar refractivity (Wildman–Crippen MR) is 119 cm³/mol. The summed E-state index contributed by atoms with van der Waals surface area (Å²) in [6, 6.07) is 9.74. The number of aromatic nitrogens is 2. The lowest BCUT2D eigenvalue weighted by Gasteiger charge is -2.33. The highest BCUT2D eigenvalue weighted by Crippen LogP contribution is 2.26. The van der Waals surface area contributed by atoms with Crippen molar-refractivity contribution in [2.75, 3.05) is 43.6 Å². The summed E-state index contributed by atoms with van der Waals surface area (Å²) in [7, 11) is 1.71. The Labute approximate surface area is 182 Å². The molecule has 0 unspecified atom stereocenters. The Hall–Kier alpha value is -2.56. The number of ether oxygens (including phenoxy) is 1. The molecule has 0 spiro atoms. The summed E-state index contributed by atoms with van der Waals surface area (Å²) in [6.07, 6.45) is 7.17. The first kappa shape index (κ1) is 22.1. The van der Waals surface area contributed by atoms with E-state index < -0.39 is 0 Å². The van der Waals surface area contributed by atoms with Crippen LogP contribution < -0.4 is 15.8 Å². The molecule has 0 bridgehead atoms. The Morgan fingerprint density at radius 2 is 1.83 bits per heavy atom. The van der Waals surface area contributed by atoms with Crippen molar-refractivity contribution in [3.63, 3.8) is 0 Å². The lowest BCUT2D eigenvalue weighted by Crippen LogP contribution is -2.38. The second kappa shape index (κ2) is 11.0. The number of nitrogens with one attached hydrogen (secondary N) is 1. The number of hydrogen-bond acceptors (Lipinski definition) is 6. The van der Waals surface area contributed by atoms with Gasteiger partial charge in [0.2, 0.25) is 0 Å². The van der Waals surface area contributed by atoms with E-state index in [2.05, 4.69) is 21.4 Å². The molecule has 2 fully saturated rings. The van der Waals surface area contributed by atoms with Crippen LogP contribution in [0.15, 0.2) is 35.3 Å². The molecule has 0 aliphatic carbocycles. The summed E-state index contributed by atoms with van der Waals surface area (Å²) in [4.78, 5) is 14.6. The molecule has 0 atom stereocenters. The average Bonchev–Trinajstić information content (AvgIpc) is 2.82. The van der Waals surface area contributed by atoms with Crippen LogP contribution in [0.5, 0.6) is 0 Å². The lowest BCUT2D eigenvalue weighted by atomic mass is 10.0. The Kier molecular flexibility index (Phi) is 8.12. The molecule has 2 aliphatic rings. The number of nitrogens with zero attached hydrogens (tertiary/aromatic N) is 4. The predicted octanol–water partition coefficient (Wildman–Crippen LogP) is 3.84. The van der Waals surface area contributed by atoms with Gasteiger partial charge in [-0.25, -0.2) is 4.68 Å². The molecule has 3 heterocycles. The Bertz CT molecular complexity index is 899. The van der Waals surface area contributed by atoms with Crippen molar-refractivity contribution < 1.29 is 4.74 Å². The molecule has 0 saturated carbocycles. The zero-order valence-corrected chi connectivity index (χ0v) is 18.1. The molecule has 30 heavy (non-hydrogen) atoms. The topological polar surface area (TPSA) is 83.2 Å². The van der Waals surface area contributed by atoms with Gasteiger partial charge < -0.3 is 15.0 Å². The van der Waals surface area contributed by atoms with Crippen molar-refractivity contribution in [2.24, 2.45) is 0 Å². The first-order valence-electron chi connectivity index (χ1n) is 10.4. The third-order valence-corrected chi connectivity index (χ3v) is 5.83. The normalized spacial score (nSPS) is 16.9. The molecule has 1 N–H and O–H groups in total. The van der Waals surface area contributed by atoms with Gasteiger partial charge in [-0.3, -0.25) is 4.79 Å².